The predicted octanol–water partition coefficient (Wildman–Crippen LogP) is 2.52. The quantitative estimate of drug-likeness (QED) is 0.649. The zero-order valence-electron chi connectivity index (χ0n) is 16.2. The number of methoxy groups -OCH3 is 1. The number of aromatic nitrogens is 5. The molecule has 1 saturated heterocycles. The summed E-state index contributed by atoms with van der Waals surface area (Å²) in [5, 5.41) is 12.2. The van der Waals surface area contributed by atoms with E-state index in [9.17, 15) is 9.18 Å². The van der Waals surface area contributed by atoms with Gasteiger partial charge in [0.05, 0.1) is 19.3 Å². The van der Waals surface area contributed by atoms with Gasteiger partial charge in [-0.05, 0) is 31.0 Å². The number of piperidine rings is 1. The number of carbonyl (C=O) groups is 1. The van der Waals surface area contributed by atoms with E-state index >= 15 is 0 Å². The van der Waals surface area contributed by atoms with Gasteiger partial charge in [-0.15, -0.1) is 5.10 Å². The number of likely N-dealkylation sites (tertiary alicyclic amines) is 1. The first-order chi connectivity index (χ1) is 14.1. The van der Waals surface area contributed by atoms with Crippen molar-refractivity contribution in [1.29, 1.82) is 0 Å². The molecule has 3 aromatic rings. The number of amides is 1. The number of benzene rings is 1. The lowest BCUT2D eigenvalue weighted by atomic mass is 10.0. The van der Waals surface area contributed by atoms with Crippen LogP contribution in [0.15, 0.2) is 28.9 Å². The second kappa shape index (κ2) is 7.98. The molecule has 9 nitrogen and oxygen atoms in total. The summed E-state index contributed by atoms with van der Waals surface area (Å²) >= 11 is 0. The molecule has 1 aliphatic heterocycles. The van der Waals surface area contributed by atoms with Crippen LogP contribution in [-0.4, -0.2) is 56.1 Å². The van der Waals surface area contributed by atoms with E-state index in [4.69, 9.17) is 9.26 Å². The number of nitrogens with zero attached hydrogens (tertiary/aromatic N) is 6. The topological polar surface area (TPSA) is 99.2 Å². The maximum atomic E-state index is 14.0. The van der Waals surface area contributed by atoms with E-state index in [0.717, 1.165) is 12.8 Å². The van der Waals surface area contributed by atoms with E-state index in [0.29, 0.717) is 42.5 Å². The number of halogens is 1. The molecule has 152 valence electrons. The van der Waals surface area contributed by atoms with E-state index in [1.807, 2.05) is 6.92 Å². The summed E-state index contributed by atoms with van der Waals surface area (Å²) in [6.45, 7) is 3.00. The molecule has 4 rings (SSSR count). The summed E-state index contributed by atoms with van der Waals surface area (Å²) in [6, 6.07) is 4.20. The van der Waals surface area contributed by atoms with Crippen molar-refractivity contribution in [3.05, 3.63) is 41.6 Å². The average Bonchev–Trinajstić information content (AvgIpc) is 3.42. The van der Waals surface area contributed by atoms with Gasteiger partial charge in [0, 0.05) is 25.1 Å². The molecule has 1 aromatic carbocycles. The van der Waals surface area contributed by atoms with Gasteiger partial charge in [0.1, 0.15) is 0 Å². The van der Waals surface area contributed by atoms with Crippen molar-refractivity contribution in [3.63, 3.8) is 0 Å². The molecule has 2 aromatic heterocycles. The summed E-state index contributed by atoms with van der Waals surface area (Å²) in [5.41, 5.74) is 0.791. The minimum absolute atomic E-state index is 0.0365. The summed E-state index contributed by atoms with van der Waals surface area (Å²) in [4.78, 5) is 18.8. The highest BCUT2D eigenvalue weighted by Gasteiger charge is 2.27. The SMILES string of the molecule is CCc1noc(-c2cn(C3CCCN(C(=O)c4ccc(OC)c(F)c4)C3)nn2)n1. The molecule has 0 aliphatic carbocycles. The van der Waals surface area contributed by atoms with Crippen LogP contribution in [0.2, 0.25) is 0 Å². The zero-order valence-corrected chi connectivity index (χ0v) is 16.2. The average molecular weight is 400 g/mol. The van der Waals surface area contributed by atoms with E-state index in [1.54, 1.807) is 21.8 Å². The Hall–Kier alpha value is -3.30. The Morgan fingerprint density at radius 1 is 1.41 bits per heavy atom. The molecule has 0 spiro atoms. The Kier molecular flexibility index (Phi) is 5.24. The van der Waals surface area contributed by atoms with Crippen LogP contribution >= 0.6 is 0 Å². The Labute approximate surface area is 166 Å². The molecule has 29 heavy (non-hydrogen) atoms. The number of aryl methyl sites for hydroxylation is 1. The smallest absolute Gasteiger partial charge is 0.280 e. The monoisotopic (exact) mass is 400 g/mol. The highest BCUT2D eigenvalue weighted by molar-refractivity contribution is 5.94. The summed E-state index contributed by atoms with van der Waals surface area (Å²) in [7, 11) is 1.39. The third-order valence-corrected chi connectivity index (χ3v) is 4.97. The molecule has 0 radical (unpaired) electrons. The van der Waals surface area contributed by atoms with E-state index in [1.165, 1.54) is 19.2 Å². The van der Waals surface area contributed by atoms with Crippen LogP contribution < -0.4 is 4.74 Å². The molecular weight excluding hydrogens is 379 g/mol. The fraction of sp³-hybridized carbons (Fsp3) is 0.421. The van der Waals surface area contributed by atoms with Crippen molar-refractivity contribution < 1.29 is 18.4 Å². The Morgan fingerprint density at radius 2 is 2.28 bits per heavy atom. The van der Waals surface area contributed by atoms with Crippen molar-refractivity contribution in [1.82, 2.24) is 30.0 Å². The van der Waals surface area contributed by atoms with Gasteiger partial charge in [-0.1, -0.05) is 17.3 Å². The maximum absolute atomic E-state index is 14.0. The van der Waals surface area contributed by atoms with E-state index in [2.05, 4.69) is 20.5 Å². The van der Waals surface area contributed by atoms with E-state index < -0.39 is 5.82 Å². The zero-order chi connectivity index (χ0) is 20.4. The number of ether oxygens (including phenoxy) is 1. The molecule has 1 amide bonds. The first-order valence-electron chi connectivity index (χ1n) is 9.46. The number of carbonyl (C=O) groups excluding carboxylic acids is 1. The minimum Gasteiger partial charge on any atom is -0.494 e. The molecule has 0 N–H and O–H groups in total. The fourth-order valence-corrected chi connectivity index (χ4v) is 3.39. The lowest BCUT2D eigenvalue weighted by molar-refractivity contribution is 0.0671. The molecule has 1 unspecified atom stereocenters. The largest absolute Gasteiger partial charge is 0.494 e. The number of hydrogen-bond donors (Lipinski definition) is 0. The second-order valence-corrected chi connectivity index (χ2v) is 6.85. The van der Waals surface area contributed by atoms with Gasteiger partial charge in [-0.2, -0.15) is 4.98 Å². The molecular formula is C19H21FN6O3. The normalized spacial score (nSPS) is 16.8. The predicted molar refractivity (Wildman–Crippen MR) is 99.8 cm³/mol. The van der Waals surface area contributed by atoms with Crippen molar-refractivity contribution in [2.45, 2.75) is 32.2 Å². The Bertz CT molecular complexity index is 1020. The lowest BCUT2D eigenvalue weighted by Gasteiger charge is -2.32. The number of hydrogen-bond acceptors (Lipinski definition) is 7. The van der Waals surface area contributed by atoms with Crippen molar-refractivity contribution in [2.75, 3.05) is 20.2 Å². The van der Waals surface area contributed by atoms with Gasteiger partial charge in [0.2, 0.25) is 0 Å². The van der Waals surface area contributed by atoms with Gasteiger partial charge >= 0.3 is 0 Å². The van der Waals surface area contributed by atoms with Crippen molar-refractivity contribution >= 4 is 5.91 Å². The highest BCUT2D eigenvalue weighted by Crippen LogP contribution is 2.25. The second-order valence-electron chi connectivity index (χ2n) is 6.85. The van der Waals surface area contributed by atoms with Crippen LogP contribution in [0, 0.1) is 5.82 Å². The molecule has 1 fully saturated rings. The summed E-state index contributed by atoms with van der Waals surface area (Å²) in [5.74, 6) is 0.265. The van der Waals surface area contributed by atoms with Crippen LogP contribution in [-0.2, 0) is 6.42 Å². The van der Waals surface area contributed by atoms with Crippen molar-refractivity contribution in [3.8, 4) is 17.3 Å². The van der Waals surface area contributed by atoms with Crippen molar-refractivity contribution in [2.24, 2.45) is 0 Å². The fourth-order valence-electron chi connectivity index (χ4n) is 3.39. The van der Waals surface area contributed by atoms with Crippen LogP contribution in [0.25, 0.3) is 11.6 Å². The Balaban J connectivity index is 1.48. The van der Waals surface area contributed by atoms with Gasteiger partial charge in [-0.3, -0.25) is 4.79 Å². The van der Waals surface area contributed by atoms with Gasteiger partial charge in [-0.25, -0.2) is 9.07 Å². The molecule has 1 atom stereocenters. The molecule has 10 heteroatoms. The molecule has 0 saturated carbocycles. The third kappa shape index (κ3) is 3.82. The van der Waals surface area contributed by atoms with Gasteiger partial charge < -0.3 is 14.2 Å². The van der Waals surface area contributed by atoms with Crippen LogP contribution in [0.5, 0.6) is 5.75 Å². The summed E-state index contributed by atoms with van der Waals surface area (Å²) in [6.07, 6.45) is 4.08. The Morgan fingerprint density at radius 3 is 3.00 bits per heavy atom. The first-order valence-corrected chi connectivity index (χ1v) is 9.46. The molecule has 3 heterocycles. The minimum atomic E-state index is -0.557. The van der Waals surface area contributed by atoms with Gasteiger partial charge in [0.25, 0.3) is 11.8 Å². The number of rotatable bonds is 5. The first kappa shape index (κ1) is 19.0. The molecule has 0 bridgehead atoms. The maximum Gasteiger partial charge on any atom is 0.280 e. The van der Waals surface area contributed by atoms with Crippen LogP contribution in [0.1, 0.15) is 42.0 Å². The van der Waals surface area contributed by atoms with Gasteiger partial charge in [0.15, 0.2) is 23.1 Å². The van der Waals surface area contributed by atoms with E-state index in [-0.39, 0.29) is 17.7 Å². The standard InChI is InChI=1S/C19H21FN6O3/c1-3-17-21-18(29-23-17)15-11-26(24-22-15)13-5-4-8-25(10-13)19(27)12-6-7-16(28-2)14(20)9-12/h6-7,9,11,13H,3-5,8,10H2,1-2H3. The summed E-state index contributed by atoms with van der Waals surface area (Å²) < 4.78 is 25.8. The lowest BCUT2D eigenvalue weighted by Crippen LogP contribution is -2.40. The highest BCUT2D eigenvalue weighted by atomic mass is 19.1. The van der Waals surface area contributed by atoms with Crippen LogP contribution in [0.3, 0.4) is 0 Å². The third-order valence-electron chi connectivity index (χ3n) is 4.97. The molecule has 1 aliphatic rings. The van der Waals surface area contributed by atoms with Crippen LogP contribution in [0.4, 0.5) is 4.39 Å².